The number of amides is 1. The van der Waals surface area contributed by atoms with E-state index in [2.05, 4.69) is 10.00 Å². The highest BCUT2D eigenvalue weighted by molar-refractivity contribution is 7.89. The number of rotatable bonds is 7. The quantitative estimate of drug-likeness (QED) is 0.476. The van der Waals surface area contributed by atoms with Gasteiger partial charge in [0.1, 0.15) is 0 Å². The molecule has 2 aliphatic heterocycles. The summed E-state index contributed by atoms with van der Waals surface area (Å²) in [5.41, 5.74) is 2.76. The molecule has 0 spiro atoms. The van der Waals surface area contributed by atoms with Crippen LogP contribution in [0.3, 0.4) is 0 Å². The van der Waals surface area contributed by atoms with Crippen LogP contribution in [-0.2, 0) is 23.1 Å². The predicted octanol–water partition coefficient (Wildman–Crippen LogP) is 3.80. The molecule has 0 aliphatic carbocycles. The molecule has 0 radical (unpaired) electrons. The summed E-state index contributed by atoms with van der Waals surface area (Å²) < 4.78 is 54.8. The lowest BCUT2D eigenvalue weighted by Crippen LogP contribution is -2.35. The Hall–Kier alpha value is -3.15. The second-order valence-electron chi connectivity index (χ2n) is 10.4. The lowest BCUT2D eigenvalue weighted by Gasteiger charge is -2.33. The molecule has 39 heavy (non-hydrogen) atoms. The van der Waals surface area contributed by atoms with Crippen molar-refractivity contribution in [3.63, 3.8) is 0 Å². The van der Waals surface area contributed by atoms with Crippen LogP contribution in [0, 0.1) is 0 Å². The maximum atomic E-state index is 15.0. The average Bonchev–Trinajstić information content (AvgIpc) is 3.49. The van der Waals surface area contributed by atoms with Gasteiger partial charge in [-0.1, -0.05) is 42.5 Å². The molecule has 2 saturated heterocycles. The van der Waals surface area contributed by atoms with Crippen LogP contribution in [0.2, 0.25) is 0 Å². The summed E-state index contributed by atoms with van der Waals surface area (Å²) in [7, 11) is -3.73. The summed E-state index contributed by atoms with van der Waals surface area (Å²) in [6, 6.07) is 15.2. The fourth-order valence-electron chi connectivity index (χ4n) is 5.79. The monoisotopic (exact) mass is 557 g/mol. The molecule has 1 amide bonds. The summed E-state index contributed by atoms with van der Waals surface area (Å²) >= 11 is 0. The Morgan fingerprint density at radius 2 is 1.74 bits per heavy atom. The van der Waals surface area contributed by atoms with Crippen LogP contribution in [0.1, 0.15) is 58.8 Å². The molecule has 2 aromatic carbocycles. The number of piperidine rings is 1. The molecule has 2 aliphatic rings. The van der Waals surface area contributed by atoms with Crippen LogP contribution in [0.5, 0.6) is 0 Å². The number of carbonyl (C=O) groups is 1. The van der Waals surface area contributed by atoms with E-state index in [0.29, 0.717) is 24.2 Å². The predicted molar refractivity (Wildman–Crippen MR) is 143 cm³/mol. The van der Waals surface area contributed by atoms with Gasteiger partial charge >= 0.3 is 0 Å². The number of carbonyl (C=O) groups excluding carboxylic acids is 1. The molecule has 208 valence electrons. The molecule has 8 nitrogen and oxygen atoms in total. The topological polar surface area (TPSA) is 102 Å². The van der Waals surface area contributed by atoms with Crippen LogP contribution in [-0.4, -0.2) is 66.0 Å². The highest BCUT2D eigenvalue weighted by Gasteiger charge is 2.50. The maximum Gasteiger partial charge on any atom is 0.273 e. The fraction of sp³-hybridized carbons (Fsp3) is 0.429. The largest absolute Gasteiger partial charge is 0.332 e. The Labute approximate surface area is 227 Å². The number of nitrogens with two attached hydrogens (primary N) is 1. The number of aromatic nitrogens is 2. The Balaban J connectivity index is 1.27. The second-order valence-corrected chi connectivity index (χ2v) is 12.0. The first-order valence-electron chi connectivity index (χ1n) is 13.2. The number of benzene rings is 2. The SMILES string of the molecule is CCn1ncc(C(=O)N2C[C@@H](c3ccccc3)C(F)(F)C2)c1C1CCN(Cc2ccc(S(N)(=O)=O)cc2)CC1. The van der Waals surface area contributed by atoms with Crippen LogP contribution in [0.4, 0.5) is 8.78 Å². The molecule has 5 rings (SSSR count). The summed E-state index contributed by atoms with van der Waals surface area (Å²) in [5.74, 6) is -4.34. The third-order valence-corrected chi connectivity index (χ3v) is 8.78. The molecule has 3 heterocycles. The van der Waals surface area contributed by atoms with Crippen molar-refractivity contribution in [1.82, 2.24) is 19.6 Å². The van der Waals surface area contributed by atoms with Crippen molar-refractivity contribution in [1.29, 1.82) is 0 Å². The van der Waals surface area contributed by atoms with Crippen molar-refractivity contribution < 1.29 is 22.0 Å². The van der Waals surface area contributed by atoms with Crippen molar-refractivity contribution >= 4 is 15.9 Å². The number of likely N-dealkylation sites (tertiary alicyclic amines) is 2. The summed E-state index contributed by atoms with van der Waals surface area (Å²) in [6.07, 6.45) is 3.13. The van der Waals surface area contributed by atoms with Gasteiger partial charge in [0.2, 0.25) is 10.0 Å². The molecule has 0 unspecified atom stereocenters. The minimum Gasteiger partial charge on any atom is -0.332 e. The van der Waals surface area contributed by atoms with Crippen LogP contribution in [0.15, 0.2) is 65.7 Å². The first-order chi connectivity index (χ1) is 18.6. The van der Waals surface area contributed by atoms with Crippen LogP contribution in [0.25, 0.3) is 0 Å². The molecule has 2 fully saturated rings. The van der Waals surface area contributed by atoms with Gasteiger partial charge in [0, 0.05) is 25.6 Å². The van der Waals surface area contributed by atoms with Gasteiger partial charge in [-0.2, -0.15) is 5.10 Å². The minimum atomic E-state index is -3.73. The van der Waals surface area contributed by atoms with Gasteiger partial charge in [0.05, 0.1) is 34.8 Å². The summed E-state index contributed by atoms with van der Waals surface area (Å²) in [5, 5.41) is 9.63. The first-order valence-corrected chi connectivity index (χ1v) is 14.7. The third-order valence-electron chi connectivity index (χ3n) is 7.85. The zero-order valence-electron chi connectivity index (χ0n) is 21.8. The molecule has 3 aromatic rings. The standard InChI is InChI=1S/C28H33F2N5O3S/c1-2-35-26(22-12-14-33(15-13-22)17-20-8-10-23(11-9-20)39(31,37)38)24(16-32-35)27(36)34-18-25(28(29,30)19-34)21-6-4-3-5-7-21/h3-11,16,22,25H,2,12-15,17-19H2,1H3,(H2,31,37,38)/t25-/m0/s1. The van der Waals surface area contributed by atoms with E-state index in [0.717, 1.165) is 37.2 Å². The van der Waals surface area contributed by atoms with E-state index in [-0.39, 0.29) is 23.3 Å². The van der Waals surface area contributed by atoms with Crippen molar-refractivity contribution in [3.05, 3.63) is 83.2 Å². The summed E-state index contributed by atoms with van der Waals surface area (Å²) in [6.45, 7) is 4.13. The number of hydrogen-bond acceptors (Lipinski definition) is 5. The number of halogens is 2. The van der Waals surface area contributed by atoms with Crippen molar-refractivity contribution in [2.75, 3.05) is 26.2 Å². The normalized spacial score (nSPS) is 20.4. The van der Waals surface area contributed by atoms with Gasteiger partial charge in [-0.15, -0.1) is 0 Å². The van der Waals surface area contributed by atoms with Gasteiger partial charge < -0.3 is 4.90 Å². The Morgan fingerprint density at radius 3 is 2.36 bits per heavy atom. The number of aryl methyl sites for hydroxylation is 1. The molecular formula is C28H33F2N5O3S. The van der Waals surface area contributed by atoms with Crippen molar-refractivity contribution in [2.24, 2.45) is 5.14 Å². The van der Waals surface area contributed by atoms with E-state index in [1.165, 1.54) is 23.2 Å². The van der Waals surface area contributed by atoms with Gasteiger partial charge in [0.25, 0.3) is 11.8 Å². The van der Waals surface area contributed by atoms with E-state index in [9.17, 15) is 22.0 Å². The molecule has 0 saturated carbocycles. The molecule has 0 bridgehead atoms. The van der Waals surface area contributed by atoms with Gasteiger partial charge in [-0.3, -0.25) is 14.4 Å². The number of sulfonamides is 1. The van der Waals surface area contributed by atoms with E-state index < -0.39 is 28.4 Å². The Morgan fingerprint density at radius 1 is 1.08 bits per heavy atom. The number of nitrogens with zero attached hydrogens (tertiary/aromatic N) is 4. The number of hydrogen-bond donors (Lipinski definition) is 1. The smallest absolute Gasteiger partial charge is 0.273 e. The molecular weight excluding hydrogens is 524 g/mol. The van der Waals surface area contributed by atoms with Crippen molar-refractivity contribution in [2.45, 2.75) is 55.5 Å². The molecule has 2 N–H and O–H groups in total. The van der Waals surface area contributed by atoms with E-state index in [1.54, 1.807) is 42.5 Å². The lowest BCUT2D eigenvalue weighted by atomic mass is 9.90. The molecule has 11 heteroatoms. The van der Waals surface area contributed by atoms with E-state index in [4.69, 9.17) is 5.14 Å². The highest BCUT2D eigenvalue weighted by Crippen LogP contribution is 2.41. The maximum absolute atomic E-state index is 15.0. The van der Waals surface area contributed by atoms with Gasteiger partial charge in [-0.25, -0.2) is 22.3 Å². The Kier molecular flexibility index (Phi) is 7.58. The fourth-order valence-corrected chi connectivity index (χ4v) is 6.31. The lowest BCUT2D eigenvalue weighted by molar-refractivity contribution is -0.00244. The second kappa shape index (κ2) is 10.8. The van der Waals surface area contributed by atoms with Gasteiger partial charge in [-0.05, 0) is 56.1 Å². The van der Waals surface area contributed by atoms with Gasteiger partial charge in [0.15, 0.2) is 0 Å². The van der Waals surface area contributed by atoms with E-state index >= 15 is 0 Å². The highest BCUT2D eigenvalue weighted by atomic mass is 32.2. The van der Waals surface area contributed by atoms with E-state index in [1.807, 2.05) is 11.6 Å². The van der Waals surface area contributed by atoms with Crippen LogP contribution < -0.4 is 5.14 Å². The van der Waals surface area contributed by atoms with Crippen molar-refractivity contribution in [3.8, 4) is 0 Å². The molecule has 1 atom stereocenters. The third kappa shape index (κ3) is 5.75. The van der Waals surface area contributed by atoms with Crippen LogP contribution >= 0.6 is 0 Å². The number of primary sulfonamides is 1. The average molecular weight is 558 g/mol. The first kappa shape index (κ1) is 27.4. The zero-order valence-corrected chi connectivity index (χ0v) is 22.7. The summed E-state index contributed by atoms with van der Waals surface area (Å²) in [4.78, 5) is 17.2. The molecule has 1 aromatic heterocycles. The number of alkyl halides is 2. The zero-order chi connectivity index (χ0) is 27.8. The minimum absolute atomic E-state index is 0.0325. The Bertz CT molecular complexity index is 1420.